The Bertz CT molecular complexity index is 1120. The zero-order valence-electron chi connectivity index (χ0n) is 15.0. The molecule has 9 nitrogen and oxygen atoms in total. The largest absolute Gasteiger partial charge is 0.485 e. The van der Waals surface area contributed by atoms with E-state index in [1.54, 1.807) is 49.5 Å². The van der Waals surface area contributed by atoms with Gasteiger partial charge >= 0.3 is 5.69 Å². The van der Waals surface area contributed by atoms with Gasteiger partial charge in [-0.2, -0.15) is 0 Å². The highest BCUT2D eigenvalue weighted by molar-refractivity contribution is 5.86. The average molecular weight is 382 g/mol. The van der Waals surface area contributed by atoms with Gasteiger partial charge in [-0.3, -0.25) is 29.6 Å². The van der Waals surface area contributed by atoms with Crippen molar-refractivity contribution in [3.63, 3.8) is 0 Å². The Kier molecular flexibility index (Phi) is 4.48. The van der Waals surface area contributed by atoms with Gasteiger partial charge in [-0.25, -0.2) is 4.79 Å². The van der Waals surface area contributed by atoms with Crippen molar-refractivity contribution in [3.8, 4) is 11.5 Å². The topological polar surface area (TPSA) is 104 Å². The maximum absolute atomic E-state index is 12.3. The molecule has 0 saturated carbocycles. The number of benzene rings is 2. The molecular formula is C19H18N4O5. The second-order valence-electron chi connectivity index (χ2n) is 6.32. The maximum atomic E-state index is 12.3. The molecule has 2 amide bonds. The Balaban J connectivity index is 1.39. The average Bonchev–Trinajstić information content (AvgIpc) is 2.96. The number of hydrogen-bond donors (Lipinski definition) is 2. The van der Waals surface area contributed by atoms with E-state index in [2.05, 4.69) is 10.9 Å². The van der Waals surface area contributed by atoms with E-state index in [9.17, 15) is 14.4 Å². The Labute approximate surface area is 159 Å². The molecule has 2 N–H and O–H groups in total. The molecule has 1 atom stereocenters. The predicted octanol–water partition coefficient (Wildman–Crippen LogP) is 0.327. The van der Waals surface area contributed by atoms with E-state index in [1.165, 1.54) is 9.13 Å². The molecule has 1 aliphatic heterocycles. The standard InChI is InChI=1S/C19H18N4O5/c1-22-12-6-2-3-7-13(12)23(19(22)26)10-17(24)20-21-18(25)16-11-27-14-8-4-5-9-15(14)28-16/h2-9,16H,10-11H2,1H3,(H,20,24)(H,21,25). The first-order valence-electron chi connectivity index (χ1n) is 8.66. The van der Waals surface area contributed by atoms with Crippen LogP contribution in [0, 0.1) is 0 Å². The Hall–Kier alpha value is -3.75. The molecule has 9 heteroatoms. The number of para-hydroxylation sites is 4. The van der Waals surface area contributed by atoms with Gasteiger partial charge in [0, 0.05) is 7.05 Å². The van der Waals surface area contributed by atoms with E-state index in [4.69, 9.17) is 9.47 Å². The van der Waals surface area contributed by atoms with Crippen LogP contribution in [0.3, 0.4) is 0 Å². The fourth-order valence-electron chi connectivity index (χ4n) is 3.06. The molecule has 28 heavy (non-hydrogen) atoms. The van der Waals surface area contributed by atoms with Crippen LogP contribution < -0.4 is 26.0 Å². The molecule has 0 bridgehead atoms. The second kappa shape index (κ2) is 7.10. The first-order valence-corrected chi connectivity index (χ1v) is 8.66. The summed E-state index contributed by atoms with van der Waals surface area (Å²) in [4.78, 5) is 36.8. The molecule has 2 aromatic carbocycles. The number of rotatable bonds is 3. The molecule has 3 aromatic rings. The third-order valence-electron chi connectivity index (χ3n) is 4.48. The lowest BCUT2D eigenvalue weighted by atomic mass is 10.2. The van der Waals surface area contributed by atoms with Gasteiger partial charge < -0.3 is 9.47 Å². The van der Waals surface area contributed by atoms with Crippen molar-refractivity contribution in [3.05, 3.63) is 59.0 Å². The van der Waals surface area contributed by atoms with E-state index in [0.29, 0.717) is 17.0 Å². The smallest absolute Gasteiger partial charge is 0.329 e. The number of nitrogens with one attached hydrogen (secondary N) is 2. The van der Waals surface area contributed by atoms with Crippen molar-refractivity contribution in [1.82, 2.24) is 20.0 Å². The summed E-state index contributed by atoms with van der Waals surface area (Å²) in [5, 5.41) is 0. The van der Waals surface area contributed by atoms with Crippen LogP contribution in [-0.2, 0) is 23.2 Å². The monoisotopic (exact) mass is 382 g/mol. The van der Waals surface area contributed by atoms with Crippen molar-refractivity contribution >= 4 is 22.8 Å². The van der Waals surface area contributed by atoms with Crippen molar-refractivity contribution in [2.45, 2.75) is 12.6 Å². The molecule has 144 valence electrons. The van der Waals surface area contributed by atoms with Crippen LogP contribution in [-0.4, -0.2) is 33.7 Å². The van der Waals surface area contributed by atoms with Gasteiger partial charge in [0.25, 0.3) is 11.8 Å². The fourth-order valence-corrected chi connectivity index (χ4v) is 3.06. The summed E-state index contributed by atoms with van der Waals surface area (Å²) in [5.41, 5.74) is 5.66. The highest BCUT2D eigenvalue weighted by Crippen LogP contribution is 2.30. The predicted molar refractivity (Wildman–Crippen MR) is 99.8 cm³/mol. The number of hydrogen-bond acceptors (Lipinski definition) is 5. The van der Waals surface area contributed by atoms with E-state index >= 15 is 0 Å². The highest BCUT2D eigenvalue weighted by Gasteiger charge is 2.27. The van der Waals surface area contributed by atoms with E-state index in [1.807, 2.05) is 6.07 Å². The van der Waals surface area contributed by atoms with Crippen LogP contribution in [0.1, 0.15) is 0 Å². The molecular weight excluding hydrogens is 364 g/mol. The number of amides is 2. The summed E-state index contributed by atoms with van der Waals surface area (Å²) in [6.45, 7) is -0.202. The van der Waals surface area contributed by atoms with Gasteiger partial charge in [0.2, 0.25) is 6.10 Å². The third kappa shape index (κ3) is 3.18. The molecule has 1 unspecified atom stereocenters. The minimum absolute atomic E-state index is 0.0293. The molecule has 0 saturated heterocycles. The summed E-state index contributed by atoms with van der Waals surface area (Å²) < 4.78 is 13.9. The summed E-state index contributed by atoms with van der Waals surface area (Å²) in [7, 11) is 1.64. The number of imidazole rings is 1. The van der Waals surface area contributed by atoms with Crippen LogP contribution in [0.25, 0.3) is 11.0 Å². The summed E-state index contributed by atoms with van der Waals surface area (Å²) in [6, 6.07) is 14.2. The van der Waals surface area contributed by atoms with Gasteiger partial charge in [-0.1, -0.05) is 24.3 Å². The van der Waals surface area contributed by atoms with Gasteiger partial charge in [0.15, 0.2) is 11.5 Å². The van der Waals surface area contributed by atoms with E-state index in [-0.39, 0.29) is 18.8 Å². The normalized spacial score (nSPS) is 15.2. The fraction of sp³-hybridized carbons (Fsp3) is 0.211. The van der Waals surface area contributed by atoms with Crippen LogP contribution in [0.2, 0.25) is 0 Å². The van der Waals surface area contributed by atoms with E-state index < -0.39 is 17.9 Å². The highest BCUT2D eigenvalue weighted by atomic mass is 16.6. The first-order chi connectivity index (χ1) is 13.5. The van der Waals surface area contributed by atoms with Crippen molar-refractivity contribution in [2.24, 2.45) is 7.05 Å². The Morgan fingerprint density at radius 1 is 1.04 bits per heavy atom. The van der Waals surface area contributed by atoms with Gasteiger partial charge in [-0.15, -0.1) is 0 Å². The maximum Gasteiger partial charge on any atom is 0.329 e. The molecule has 0 fully saturated rings. The number of aromatic nitrogens is 2. The lowest BCUT2D eigenvalue weighted by Crippen LogP contribution is -2.51. The SMILES string of the molecule is Cn1c(=O)n(CC(=O)NNC(=O)C2COc3ccccc3O2)c2ccccc21. The van der Waals surface area contributed by atoms with Gasteiger partial charge in [0.05, 0.1) is 11.0 Å². The minimum atomic E-state index is -0.893. The number of nitrogens with zero attached hydrogens (tertiary/aromatic N) is 2. The third-order valence-corrected chi connectivity index (χ3v) is 4.48. The lowest BCUT2D eigenvalue weighted by molar-refractivity contribution is -0.135. The number of ether oxygens (including phenoxy) is 2. The van der Waals surface area contributed by atoms with Gasteiger partial charge in [-0.05, 0) is 24.3 Å². The van der Waals surface area contributed by atoms with Crippen molar-refractivity contribution in [1.29, 1.82) is 0 Å². The Morgan fingerprint density at radius 2 is 1.71 bits per heavy atom. The molecule has 2 heterocycles. The second-order valence-corrected chi connectivity index (χ2v) is 6.32. The minimum Gasteiger partial charge on any atom is -0.485 e. The van der Waals surface area contributed by atoms with Crippen LogP contribution in [0.4, 0.5) is 0 Å². The lowest BCUT2D eigenvalue weighted by Gasteiger charge is -2.25. The molecule has 4 rings (SSSR count). The molecule has 0 spiro atoms. The Morgan fingerprint density at radius 3 is 2.50 bits per heavy atom. The number of fused-ring (bicyclic) bond motifs is 2. The zero-order valence-corrected chi connectivity index (χ0v) is 15.0. The summed E-state index contributed by atoms with van der Waals surface area (Å²) in [6.07, 6.45) is -0.893. The van der Waals surface area contributed by atoms with Crippen molar-refractivity contribution < 1.29 is 19.1 Å². The summed E-state index contributed by atoms with van der Waals surface area (Å²) in [5.74, 6) is -0.0644. The summed E-state index contributed by atoms with van der Waals surface area (Å²) >= 11 is 0. The number of carbonyl (C=O) groups is 2. The molecule has 1 aliphatic rings. The number of carbonyl (C=O) groups excluding carboxylic acids is 2. The number of hydrazine groups is 1. The van der Waals surface area contributed by atoms with Gasteiger partial charge in [0.1, 0.15) is 13.2 Å². The number of aryl methyl sites for hydroxylation is 1. The molecule has 0 aliphatic carbocycles. The van der Waals surface area contributed by atoms with E-state index in [0.717, 1.165) is 5.52 Å². The zero-order chi connectivity index (χ0) is 19.7. The first kappa shape index (κ1) is 17.7. The quantitative estimate of drug-likeness (QED) is 0.636. The van der Waals surface area contributed by atoms with Crippen LogP contribution in [0.5, 0.6) is 11.5 Å². The molecule has 0 radical (unpaired) electrons. The van der Waals surface area contributed by atoms with Crippen LogP contribution in [0.15, 0.2) is 53.3 Å². The molecule has 1 aromatic heterocycles. The van der Waals surface area contributed by atoms with Crippen LogP contribution >= 0.6 is 0 Å². The van der Waals surface area contributed by atoms with Crippen molar-refractivity contribution in [2.75, 3.05) is 6.61 Å².